The molecule has 0 unspecified atom stereocenters. The minimum absolute atomic E-state index is 0.176. The molecule has 10 heteroatoms. The van der Waals surface area contributed by atoms with Crippen molar-refractivity contribution in [1.29, 1.82) is 0 Å². The highest BCUT2D eigenvalue weighted by Gasteiger charge is 1.79. The van der Waals surface area contributed by atoms with Crippen LogP contribution in [0.2, 0.25) is 0 Å². The van der Waals surface area contributed by atoms with Crippen LogP contribution in [-0.2, 0) is 0 Å². The molecule has 0 amide bonds. The number of hydrogen-bond acceptors (Lipinski definition) is 8. The third-order valence-corrected chi connectivity index (χ3v) is 0.723. The molecule has 12 heavy (non-hydrogen) atoms. The van der Waals surface area contributed by atoms with Gasteiger partial charge in [-0.2, -0.15) is 10.4 Å². The quantitative estimate of drug-likeness (QED) is 0.339. The molecule has 0 spiro atoms. The van der Waals surface area contributed by atoms with Gasteiger partial charge in [-0.15, -0.1) is 10.2 Å². The van der Waals surface area contributed by atoms with Gasteiger partial charge in [-0.25, -0.2) is 0 Å². The van der Waals surface area contributed by atoms with Crippen molar-refractivity contribution in [1.82, 2.24) is 41.2 Å². The van der Waals surface area contributed by atoms with Gasteiger partial charge < -0.3 is 11.5 Å². The molecule has 0 aliphatic carbocycles. The van der Waals surface area contributed by atoms with Gasteiger partial charge in [0.25, 0.3) is 11.9 Å². The number of hydrogen-bond donors (Lipinski definition) is 4. The van der Waals surface area contributed by atoms with Crippen molar-refractivity contribution >= 4 is 11.9 Å². The number of H-pyrrole nitrogens is 2. The van der Waals surface area contributed by atoms with E-state index in [1.54, 1.807) is 0 Å². The van der Waals surface area contributed by atoms with Gasteiger partial charge in [0.15, 0.2) is 0 Å². The number of aromatic nitrogens is 8. The molecule has 0 bridgehead atoms. The van der Waals surface area contributed by atoms with Crippen LogP contribution in [-0.4, -0.2) is 41.2 Å². The summed E-state index contributed by atoms with van der Waals surface area (Å²) in [5.74, 6) is 0.352. The zero-order chi connectivity index (χ0) is 8.81. The van der Waals surface area contributed by atoms with Gasteiger partial charge in [-0.05, 0) is 10.4 Å². The van der Waals surface area contributed by atoms with Gasteiger partial charge in [0, 0.05) is 0 Å². The second-order valence-corrected chi connectivity index (χ2v) is 1.54. The average molecular weight is 170 g/mol. The second kappa shape index (κ2) is 3.80. The molecule has 0 aliphatic heterocycles. The largest absolute Gasteiger partial charge is 0.365 e. The normalized spacial score (nSPS) is 8.67. The van der Waals surface area contributed by atoms with Crippen LogP contribution < -0.4 is 11.5 Å². The number of nitrogens with one attached hydrogen (secondary N) is 2. The van der Waals surface area contributed by atoms with Gasteiger partial charge in [-0.3, -0.25) is 0 Å². The maximum Gasteiger partial charge on any atom is 0.260 e. The average Bonchev–Trinajstić information content (AvgIpc) is 2.63. The minimum Gasteiger partial charge on any atom is -0.365 e. The molecule has 0 aliphatic rings. The Bertz CT molecular complexity index is 247. The Morgan fingerprint density at radius 3 is 1.33 bits per heavy atom. The minimum atomic E-state index is 0.176. The fraction of sp³-hybridized carbons (Fsp3) is 0. The number of nitrogens with zero attached hydrogens (tertiary/aromatic N) is 6. The number of nitrogens with two attached hydrogens (primary N) is 2. The fourth-order valence-corrected chi connectivity index (χ4v) is 0.339. The number of anilines is 2. The second-order valence-electron chi connectivity index (χ2n) is 1.54. The Hall–Kier alpha value is -2.26. The molecule has 0 radical (unpaired) electrons. The van der Waals surface area contributed by atoms with Crippen molar-refractivity contribution in [2.45, 2.75) is 0 Å². The van der Waals surface area contributed by atoms with Crippen molar-refractivity contribution in [2.75, 3.05) is 11.5 Å². The summed E-state index contributed by atoms with van der Waals surface area (Å²) in [4.78, 5) is 0. The van der Waals surface area contributed by atoms with E-state index in [2.05, 4.69) is 41.2 Å². The first kappa shape index (κ1) is 7.84. The molecule has 2 aromatic rings. The molecular weight excluding hydrogens is 164 g/mol. The van der Waals surface area contributed by atoms with Gasteiger partial charge in [-0.1, -0.05) is 10.2 Å². The lowest BCUT2D eigenvalue weighted by Gasteiger charge is -1.62. The lowest BCUT2D eigenvalue weighted by atomic mass is 11.2. The first-order valence-corrected chi connectivity index (χ1v) is 2.77. The number of aromatic amines is 2. The molecule has 2 aromatic heterocycles. The maximum absolute atomic E-state index is 4.96. The van der Waals surface area contributed by atoms with Crippen LogP contribution in [0.25, 0.3) is 0 Å². The summed E-state index contributed by atoms with van der Waals surface area (Å²) in [5, 5.41) is 24.1. The predicted octanol–water partition coefficient (Wildman–Crippen LogP) is -2.44. The molecule has 64 valence electrons. The summed E-state index contributed by atoms with van der Waals surface area (Å²) in [6.45, 7) is 0. The van der Waals surface area contributed by atoms with Crippen LogP contribution in [0.4, 0.5) is 11.9 Å². The van der Waals surface area contributed by atoms with E-state index in [9.17, 15) is 0 Å². The van der Waals surface area contributed by atoms with Crippen molar-refractivity contribution < 1.29 is 0 Å². The summed E-state index contributed by atoms with van der Waals surface area (Å²) >= 11 is 0. The van der Waals surface area contributed by atoms with E-state index in [0.29, 0.717) is 0 Å². The molecule has 0 fully saturated rings. The fourth-order valence-electron chi connectivity index (χ4n) is 0.339. The highest BCUT2D eigenvalue weighted by Crippen LogP contribution is 1.72. The van der Waals surface area contributed by atoms with Gasteiger partial charge in [0.2, 0.25) is 0 Å². The van der Waals surface area contributed by atoms with E-state index in [1.165, 1.54) is 0 Å². The SMILES string of the molecule is Nc1nn[nH]n1.Nc1nn[nH]n1. The lowest BCUT2D eigenvalue weighted by Crippen LogP contribution is -1.84. The molecule has 6 N–H and O–H groups in total. The summed E-state index contributed by atoms with van der Waals surface area (Å²) < 4.78 is 0. The van der Waals surface area contributed by atoms with Gasteiger partial charge >= 0.3 is 0 Å². The Balaban J connectivity index is 0.000000120. The van der Waals surface area contributed by atoms with Crippen LogP contribution in [0, 0.1) is 0 Å². The van der Waals surface area contributed by atoms with Crippen LogP contribution in [0.1, 0.15) is 0 Å². The number of nitrogen functional groups attached to an aromatic ring is 2. The Kier molecular flexibility index (Phi) is 2.48. The molecule has 0 aromatic carbocycles. The van der Waals surface area contributed by atoms with E-state index < -0.39 is 0 Å². The molecule has 2 heterocycles. The van der Waals surface area contributed by atoms with E-state index in [1.807, 2.05) is 0 Å². The van der Waals surface area contributed by atoms with Crippen molar-refractivity contribution in [2.24, 2.45) is 0 Å². The van der Waals surface area contributed by atoms with Crippen molar-refractivity contribution in [3.63, 3.8) is 0 Å². The molecule has 0 saturated heterocycles. The van der Waals surface area contributed by atoms with E-state index in [-0.39, 0.29) is 11.9 Å². The van der Waals surface area contributed by atoms with Crippen molar-refractivity contribution in [3.8, 4) is 0 Å². The standard InChI is InChI=1S/2CH3N5/c2*2-1-3-5-6-4-1/h2*(H3,2,3,4,5,6). The topological polar surface area (TPSA) is 161 Å². The molecule has 0 atom stereocenters. The van der Waals surface area contributed by atoms with E-state index in [0.717, 1.165) is 0 Å². The summed E-state index contributed by atoms with van der Waals surface area (Å²) in [6.07, 6.45) is 0. The first-order valence-electron chi connectivity index (χ1n) is 2.77. The zero-order valence-corrected chi connectivity index (χ0v) is 5.84. The molecule has 0 saturated carbocycles. The summed E-state index contributed by atoms with van der Waals surface area (Å²) in [6, 6.07) is 0. The van der Waals surface area contributed by atoms with Crippen molar-refractivity contribution in [3.05, 3.63) is 0 Å². The molecular formula is C2H6N10. The summed E-state index contributed by atoms with van der Waals surface area (Å²) in [5.41, 5.74) is 9.92. The van der Waals surface area contributed by atoms with Gasteiger partial charge in [0.1, 0.15) is 0 Å². The van der Waals surface area contributed by atoms with Crippen LogP contribution in [0.15, 0.2) is 0 Å². The molecule has 2 rings (SSSR count). The lowest BCUT2D eigenvalue weighted by molar-refractivity contribution is 0.881. The van der Waals surface area contributed by atoms with Gasteiger partial charge in [0.05, 0.1) is 0 Å². The van der Waals surface area contributed by atoms with Crippen LogP contribution in [0.3, 0.4) is 0 Å². The molecule has 10 nitrogen and oxygen atoms in total. The Morgan fingerprint density at radius 2 is 1.25 bits per heavy atom. The predicted molar refractivity (Wildman–Crippen MR) is 37.2 cm³/mol. The van der Waals surface area contributed by atoms with E-state index in [4.69, 9.17) is 11.5 Å². The zero-order valence-electron chi connectivity index (χ0n) is 5.84. The Labute approximate surface area is 65.7 Å². The monoisotopic (exact) mass is 170 g/mol. The summed E-state index contributed by atoms with van der Waals surface area (Å²) in [7, 11) is 0. The highest BCUT2D eigenvalue weighted by atomic mass is 15.5. The highest BCUT2D eigenvalue weighted by molar-refractivity contribution is 5.05. The number of tetrazole rings is 2. The van der Waals surface area contributed by atoms with E-state index >= 15 is 0 Å². The third-order valence-electron chi connectivity index (χ3n) is 0.723. The van der Waals surface area contributed by atoms with Crippen LogP contribution >= 0.6 is 0 Å². The smallest absolute Gasteiger partial charge is 0.260 e. The number of rotatable bonds is 0. The first-order chi connectivity index (χ1) is 5.79. The van der Waals surface area contributed by atoms with Crippen LogP contribution in [0.5, 0.6) is 0 Å². The third kappa shape index (κ3) is 2.55. The maximum atomic E-state index is 4.96. The Morgan fingerprint density at radius 1 is 0.833 bits per heavy atom.